The van der Waals surface area contributed by atoms with Gasteiger partial charge in [-0.05, 0) is 0 Å². The molecule has 2 aromatic rings. The summed E-state index contributed by atoms with van der Waals surface area (Å²) in [7, 11) is 1.91. The number of carbonyl (C=O) groups excluding carboxylic acids is 1. The van der Waals surface area contributed by atoms with E-state index in [-0.39, 0.29) is 5.91 Å². The van der Waals surface area contributed by atoms with E-state index >= 15 is 0 Å². The van der Waals surface area contributed by atoms with Crippen molar-refractivity contribution in [1.29, 1.82) is 0 Å². The number of aromatic nitrogens is 3. The first-order valence-corrected chi connectivity index (χ1v) is 9.48. The third-order valence-corrected chi connectivity index (χ3v) is 5.13. The Morgan fingerprint density at radius 1 is 1.41 bits per heavy atom. The fourth-order valence-corrected chi connectivity index (χ4v) is 3.13. The molecule has 150 valence electrons. The second kappa shape index (κ2) is 10.3. The van der Waals surface area contributed by atoms with Gasteiger partial charge in [-0.25, -0.2) is 14.8 Å². The van der Waals surface area contributed by atoms with Gasteiger partial charge in [0.2, 0.25) is 5.91 Å². The van der Waals surface area contributed by atoms with Gasteiger partial charge >= 0.3 is 12.1 Å². The molecule has 0 radical (unpaired) electrons. The highest BCUT2D eigenvalue weighted by molar-refractivity contribution is 7.99. The highest BCUT2D eigenvalue weighted by Gasteiger charge is 2.38. The second-order valence-corrected chi connectivity index (χ2v) is 7.35. The monoisotopic (exact) mass is 424 g/mol. The summed E-state index contributed by atoms with van der Waals surface area (Å²) in [4.78, 5) is 29.3. The van der Waals surface area contributed by atoms with Gasteiger partial charge < -0.3 is 15.0 Å². The Morgan fingerprint density at radius 3 is 2.48 bits per heavy atom. The van der Waals surface area contributed by atoms with Crippen LogP contribution in [0.5, 0.6) is 0 Å². The smallest absolute Gasteiger partial charge is 0.475 e. The minimum atomic E-state index is -5.08. The number of imidazole rings is 1. The van der Waals surface area contributed by atoms with Gasteiger partial charge in [-0.3, -0.25) is 4.79 Å². The van der Waals surface area contributed by atoms with Gasteiger partial charge in [0, 0.05) is 30.7 Å². The number of hydrogen-bond donors (Lipinski definition) is 2. The third-order valence-electron chi connectivity index (χ3n) is 2.88. The fourth-order valence-electron chi connectivity index (χ4n) is 1.53. The van der Waals surface area contributed by atoms with Crippen LogP contribution in [0, 0.1) is 0 Å². The number of rotatable bonds is 6. The van der Waals surface area contributed by atoms with Crippen molar-refractivity contribution in [3.63, 3.8) is 0 Å². The molecule has 2 heterocycles. The van der Waals surface area contributed by atoms with Crippen LogP contribution in [0.15, 0.2) is 22.9 Å². The highest BCUT2D eigenvalue weighted by Crippen LogP contribution is 2.19. The summed E-state index contributed by atoms with van der Waals surface area (Å²) in [5.74, 6) is -1.96. The molecule has 0 aliphatic carbocycles. The van der Waals surface area contributed by atoms with E-state index in [1.54, 1.807) is 17.5 Å². The Bertz CT molecular complexity index is 760. The zero-order valence-electron chi connectivity index (χ0n) is 14.8. The molecule has 2 aromatic heterocycles. The first-order chi connectivity index (χ1) is 12.5. The Balaban J connectivity index is 0.000000445. The van der Waals surface area contributed by atoms with Gasteiger partial charge in [0.1, 0.15) is 0 Å². The molecule has 0 aliphatic rings. The van der Waals surface area contributed by atoms with Crippen molar-refractivity contribution < 1.29 is 27.9 Å². The quantitative estimate of drug-likeness (QED) is 0.692. The van der Waals surface area contributed by atoms with Gasteiger partial charge in [0.05, 0.1) is 23.0 Å². The number of aliphatic carboxylic acids is 1. The number of nitrogens with one attached hydrogen (secondary N) is 1. The zero-order valence-corrected chi connectivity index (χ0v) is 16.4. The van der Waals surface area contributed by atoms with Crippen LogP contribution in [0.25, 0.3) is 0 Å². The molecule has 7 nitrogen and oxygen atoms in total. The van der Waals surface area contributed by atoms with E-state index in [1.165, 1.54) is 11.8 Å². The standard InChI is InChI=1S/C13H18N4OS2.C2HF3O2/c1-9(2)12-16-10(7-19-12)6-15-11(18)8-20-13-14-4-5-17(13)3;3-2(4,5)1(6)7/h4-5,7,9H,6,8H2,1-3H3,(H,15,18);(H,6,7). The lowest BCUT2D eigenvalue weighted by Gasteiger charge is -2.03. The van der Waals surface area contributed by atoms with Gasteiger partial charge in [-0.2, -0.15) is 13.2 Å². The topological polar surface area (TPSA) is 97.1 Å². The van der Waals surface area contributed by atoms with E-state index in [9.17, 15) is 18.0 Å². The lowest BCUT2D eigenvalue weighted by atomic mass is 10.2. The number of carbonyl (C=O) groups is 2. The number of thiazole rings is 1. The molecule has 0 aliphatic heterocycles. The molecule has 0 atom stereocenters. The average Bonchev–Trinajstić information content (AvgIpc) is 3.19. The Hall–Kier alpha value is -2.08. The van der Waals surface area contributed by atoms with E-state index in [0.717, 1.165) is 15.9 Å². The van der Waals surface area contributed by atoms with E-state index in [4.69, 9.17) is 9.90 Å². The predicted molar refractivity (Wildman–Crippen MR) is 95.7 cm³/mol. The molecule has 0 bridgehead atoms. The summed E-state index contributed by atoms with van der Waals surface area (Å²) in [6, 6.07) is 0. The van der Waals surface area contributed by atoms with Crippen LogP contribution in [0.2, 0.25) is 0 Å². The molecule has 12 heteroatoms. The Labute approximate surface area is 162 Å². The number of hydrogen-bond acceptors (Lipinski definition) is 6. The first-order valence-electron chi connectivity index (χ1n) is 7.62. The number of alkyl halides is 3. The molecule has 0 unspecified atom stereocenters. The molecule has 0 saturated heterocycles. The maximum absolute atomic E-state index is 11.8. The highest BCUT2D eigenvalue weighted by atomic mass is 32.2. The van der Waals surface area contributed by atoms with Crippen LogP contribution < -0.4 is 5.32 Å². The second-order valence-electron chi connectivity index (χ2n) is 5.52. The molecule has 0 fully saturated rings. The molecule has 27 heavy (non-hydrogen) atoms. The van der Waals surface area contributed by atoms with Crippen molar-refractivity contribution in [2.75, 3.05) is 5.75 Å². The molecular weight excluding hydrogens is 405 g/mol. The maximum atomic E-state index is 11.8. The molecule has 2 rings (SSSR count). The molecule has 2 N–H and O–H groups in total. The zero-order chi connectivity index (χ0) is 20.6. The summed E-state index contributed by atoms with van der Waals surface area (Å²) in [5.41, 5.74) is 0.925. The Kier molecular flexibility index (Phi) is 8.76. The lowest BCUT2D eigenvalue weighted by molar-refractivity contribution is -0.192. The van der Waals surface area contributed by atoms with E-state index in [0.29, 0.717) is 18.2 Å². The van der Waals surface area contributed by atoms with Gasteiger partial charge in [0.15, 0.2) is 5.16 Å². The van der Waals surface area contributed by atoms with Crippen LogP contribution in [0.4, 0.5) is 13.2 Å². The number of aryl methyl sites for hydroxylation is 1. The normalized spacial score (nSPS) is 11.1. The van der Waals surface area contributed by atoms with E-state index in [2.05, 4.69) is 29.1 Å². The number of nitrogens with zero attached hydrogens (tertiary/aromatic N) is 3. The molecular formula is C15H19F3N4O3S2. The van der Waals surface area contributed by atoms with Crippen LogP contribution >= 0.6 is 23.1 Å². The number of halogens is 3. The summed E-state index contributed by atoms with van der Waals surface area (Å²) >= 11 is 3.07. The minimum absolute atomic E-state index is 0.00269. The van der Waals surface area contributed by atoms with E-state index in [1.807, 2.05) is 23.2 Å². The minimum Gasteiger partial charge on any atom is -0.475 e. The van der Waals surface area contributed by atoms with Crippen molar-refractivity contribution in [1.82, 2.24) is 19.9 Å². The van der Waals surface area contributed by atoms with Crippen molar-refractivity contribution in [2.45, 2.75) is 37.6 Å². The van der Waals surface area contributed by atoms with Crippen LogP contribution in [0.1, 0.15) is 30.5 Å². The maximum Gasteiger partial charge on any atom is 0.490 e. The molecule has 1 amide bonds. The SMILES string of the molecule is CC(C)c1nc(CNC(=O)CSc2nccn2C)cs1.O=C(O)C(F)(F)F. The summed E-state index contributed by atoms with van der Waals surface area (Å²) < 4.78 is 33.6. The largest absolute Gasteiger partial charge is 0.490 e. The van der Waals surface area contributed by atoms with Crippen LogP contribution in [0.3, 0.4) is 0 Å². The first kappa shape index (κ1) is 23.0. The third kappa shape index (κ3) is 8.43. The van der Waals surface area contributed by atoms with Crippen molar-refractivity contribution >= 4 is 35.0 Å². The number of thioether (sulfide) groups is 1. The number of amides is 1. The summed E-state index contributed by atoms with van der Waals surface area (Å²) in [5, 5.41) is 14.0. The van der Waals surface area contributed by atoms with Gasteiger partial charge in [0.25, 0.3) is 0 Å². The van der Waals surface area contributed by atoms with Crippen LogP contribution in [-0.4, -0.2) is 43.4 Å². The Morgan fingerprint density at radius 2 is 2.04 bits per heavy atom. The molecule has 0 aromatic carbocycles. The van der Waals surface area contributed by atoms with Crippen molar-refractivity contribution in [3.05, 3.63) is 28.5 Å². The van der Waals surface area contributed by atoms with Gasteiger partial charge in [-0.1, -0.05) is 25.6 Å². The molecule has 0 saturated carbocycles. The van der Waals surface area contributed by atoms with Crippen LogP contribution in [-0.2, 0) is 23.2 Å². The number of carboxylic acids is 1. The number of carboxylic acid groups (broad SMARTS) is 1. The average molecular weight is 424 g/mol. The summed E-state index contributed by atoms with van der Waals surface area (Å²) in [6.45, 7) is 4.72. The van der Waals surface area contributed by atoms with Crippen molar-refractivity contribution in [3.8, 4) is 0 Å². The van der Waals surface area contributed by atoms with Gasteiger partial charge in [-0.15, -0.1) is 11.3 Å². The van der Waals surface area contributed by atoms with Crippen molar-refractivity contribution in [2.24, 2.45) is 7.05 Å². The molecule has 0 spiro atoms. The summed E-state index contributed by atoms with van der Waals surface area (Å²) in [6.07, 6.45) is -1.49. The fraction of sp³-hybridized carbons (Fsp3) is 0.467. The lowest BCUT2D eigenvalue weighted by Crippen LogP contribution is -2.24. The van der Waals surface area contributed by atoms with E-state index < -0.39 is 12.1 Å². The predicted octanol–water partition coefficient (Wildman–Crippen LogP) is 3.04.